The quantitative estimate of drug-likeness (QED) is 0.364. The van der Waals surface area contributed by atoms with Gasteiger partial charge < -0.3 is 15.4 Å². The molecule has 0 amide bonds. The van der Waals surface area contributed by atoms with E-state index in [1.807, 2.05) is 42.5 Å². The maximum atomic E-state index is 11.4. The second-order valence-corrected chi connectivity index (χ2v) is 5.35. The van der Waals surface area contributed by atoms with Gasteiger partial charge in [0.1, 0.15) is 0 Å². The van der Waals surface area contributed by atoms with Crippen LogP contribution in [-0.4, -0.2) is 19.1 Å². The lowest BCUT2D eigenvalue weighted by Gasteiger charge is -2.25. The number of nitrogen functional groups attached to an aromatic ring is 1. The summed E-state index contributed by atoms with van der Waals surface area (Å²) in [5.74, 6) is -0.344. The van der Waals surface area contributed by atoms with E-state index < -0.39 is 0 Å². The van der Waals surface area contributed by atoms with E-state index in [4.69, 9.17) is 10.5 Å². The first-order valence-electron chi connectivity index (χ1n) is 7.58. The highest BCUT2D eigenvalue weighted by atomic mass is 16.5. The van der Waals surface area contributed by atoms with Crippen molar-refractivity contribution in [1.82, 2.24) is 0 Å². The van der Waals surface area contributed by atoms with E-state index in [1.165, 1.54) is 0 Å². The minimum absolute atomic E-state index is 0.344. The van der Waals surface area contributed by atoms with Gasteiger partial charge in [-0.1, -0.05) is 24.8 Å². The highest BCUT2D eigenvalue weighted by Gasteiger charge is 2.10. The minimum Gasteiger partial charge on any atom is -0.462 e. The smallest absolute Gasteiger partial charge is 0.333 e. The third kappa shape index (κ3) is 4.88. The second-order valence-electron chi connectivity index (χ2n) is 5.35. The summed E-state index contributed by atoms with van der Waals surface area (Å²) in [4.78, 5) is 13.6. The molecule has 23 heavy (non-hydrogen) atoms. The Morgan fingerprint density at radius 3 is 2.30 bits per heavy atom. The molecule has 0 bridgehead atoms. The van der Waals surface area contributed by atoms with Gasteiger partial charge >= 0.3 is 5.97 Å². The van der Waals surface area contributed by atoms with Crippen molar-refractivity contribution in [2.75, 3.05) is 23.8 Å². The second kappa shape index (κ2) is 8.03. The number of nitrogens with two attached hydrogens (primary N) is 1. The van der Waals surface area contributed by atoms with Gasteiger partial charge in [-0.15, -0.1) is 0 Å². The van der Waals surface area contributed by atoms with Gasteiger partial charge in [-0.2, -0.15) is 0 Å². The molecule has 0 unspecified atom stereocenters. The van der Waals surface area contributed by atoms with E-state index in [0.717, 1.165) is 30.0 Å². The number of hydrogen-bond acceptors (Lipinski definition) is 4. The summed E-state index contributed by atoms with van der Waals surface area (Å²) in [5.41, 5.74) is 9.06. The lowest BCUT2D eigenvalue weighted by atomic mass is 10.2. The fourth-order valence-corrected chi connectivity index (χ4v) is 2.18. The number of benzene rings is 2. The highest BCUT2D eigenvalue weighted by molar-refractivity contribution is 5.86. The van der Waals surface area contributed by atoms with Crippen molar-refractivity contribution in [2.24, 2.45) is 0 Å². The van der Waals surface area contributed by atoms with Crippen LogP contribution in [0.3, 0.4) is 0 Å². The predicted octanol–water partition coefficient (Wildman–Crippen LogP) is 3.92. The standard InChI is InChI=1S/C19H22N2O2/c1-15(2)19(22)23-14-6-13-21(17-7-4-3-5-8-17)18-11-9-16(20)10-12-18/h3-5,7-12H,1,6,13-14,20H2,2H3. The van der Waals surface area contributed by atoms with Crippen molar-refractivity contribution in [3.8, 4) is 0 Å². The van der Waals surface area contributed by atoms with Crippen molar-refractivity contribution in [1.29, 1.82) is 0 Å². The van der Waals surface area contributed by atoms with Gasteiger partial charge in [0, 0.05) is 29.2 Å². The number of hydrogen-bond donors (Lipinski definition) is 1. The summed E-state index contributed by atoms with van der Waals surface area (Å²) >= 11 is 0. The third-order valence-electron chi connectivity index (χ3n) is 3.38. The zero-order chi connectivity index (χ0) is 16.7. The Bertz CT molecular complexity index is 651. The third-order valence-corrected chi connectivity index (χ3v) is 3.38. The van der Waals surface area contributed by atoms with Crippen LogP contribution in [0.4, 0.5) is 17.1 Å². The van der Waals surface area contributed by atoms with Gasteiger partial charge in [-0.25, -0.2) is 4.79 Å². The predicted molar refractivity (Wildman–Crippen MR) is 94.7 cm³/mol. The Kier molecular flexibility index (Phi) is 5.80. The average molecular weight is 310 g/mol. The lowest BCUT2D eigenvalue weighted by Crippen LogP contribution is -2.20. The van der Waals surface area contributed by atoms with Crippen LogP contribution in [0.15, 0.2) is 66.7 Å². The molecule has 0 aromatic heterocycles. The van der Waals surface area contributed by atoms with Crippen molar-refractivity contribution in [3.05, 3.63) is 66.7 Å². The molecule has 0 atom stereocenters. The van der Waals surface area contributed by atoms with E-state index >= 15 is 0 Å². The molecule has 0 aliphatic rings. The topological polar surface area (TPSA) is 55.6 Å². The zero-order valence-corrected chi connectivity index (χ0v) is 13.4. The molecule has 0 radical (unpaired) electrons. The van der Waals surface area contributed by atoms with E-state index in [9.17, 15) is 4.79 Å². The van der Waals surface area contributed by atoms with Gasteiger partial charge in [-0.05, 0) is 49.7 Å². The molecule has 0 aliphatic heterocycles. The van der Waals surface area contributed by atoms with Crippen LogP contribution < -0.4 is 10.6 Å². The van der Waals surface area contributed by atoms with Crippen LogP contribution in [0, 0.1) is 0 Å². The minimum atomic E-state index is -0.344. The molecule has 120 valence electrons. The molecule has 2 aromatic rings. The normalized spacial score (nSPS) is 10.1. The van der Waals surface area contributed by atoms with Gasteiger partial charge in [0.15, 0.2) is 0 Å². The summed E-state index contributed by atoms with van der Waals surface area (Å²) in [7, 11) is 0. The van der Waals surface area contributed by atoms with Crippen molar-refractivity contribution >= 4 is 23.0 Å². The number of anilines is 3. The molecular weight excluding hydrogens is 288 g/mol. The van der Waals surface area contributed by atoms with Crippen LogP contribution >= 0.6 is 0 Å². The summed E-state index contributed by atoms with van der Waals surface area (Å²) in [6, 6.07) is 17.8. The molecule has 4 nitrogen and oxygen atoms in total. The summed E-state index contributed by atoms with van der Waals surface area (Å²) < 4.78 is 5.16. The van der Waals surface area contributed by atoms with Crippen LogP contribution in [0.25, 0.3) is 0 Å². The number of para-hydroxylation sites is 1. The van der Waals surface area contributed by atoms with E-state index in [2.05, 4.69) is 23.6 Å². The van der Waals surface area contributed by atoms with Crippen LogP contribution in [0.5, 0.6) is 0 Å². The first kappa shape index (κ1) is 16.6. The number of ether oxygens (including phenoxy) is 1. The summed E-state index contributed by atoms with van der Waals surface area (Å²) in [6.07, 6.45) is 0.721. The van der Waals surface area contributed by atoms with Gasteiger partial charge in [0.05, 0.1) is 6.61 Å². The maximum Gasteiger partial charge on any atom is 0.333 e. The van der Waals surface area contributed by atoms with E-state index in [0.29, 0.717) is 12.2 Å². The molecule has 2 N–H and O–H groups in total. The SMILES string of the molecule is C=C(C)C(=O)OCCCN(c1ccccc1)c1ccc(N)cc1. The fraction of sp³-hybridized carbons (Fsp3) is 0.211. The molecule has 4 heteroatoms. The number of carbonyl (C=O) groups is 1. The first-order chi connectivity index (χ1) is 11.1. The molecule has 0 aliphatic carbocycles. The maximum absolute atomic E-state index is 11.4. The molecule has 2 rings (SSSR count). The van der Waals surface area contributed by atoms with Gasteiger partial charge in [0.25, 0.3) is 0 Å². The highest BCUT2D eigenvalue weighted by Crippen LogP contribution is 2.26. The molecule has 2 aromatic carbocycles. The van der Waals surface area contributed by atoms with Crippen molar-refractivity contribution in [3.63, 3.8) is 0 Å². The molecule has 0 saturated carbocycles. The van der Waals surface area contributed by atoms with Gasteiger partial charge in [0.2, 0.25) is 0 Å². The summed E-state index contributed by atoms with van der Waals surface area (Å²) in [6.45, 7) is 6.32. The van der Waals surface area contributed by atoms with Crippen molar-refractivity contribution in [2.45, 2.75) is 13.3 Å². The molecule has 0 saturated heterocycles. The Morgan fingerprint density at radius 1 is 1.09 bits per heavy atom. The Balaban J connectivity index is 2.04. The monoisotopic (exact) mass is 310 g/mol. The molecule has 0 fully saturated rings. The van der Waals surface area contributed by atoms with Crippen LogP contribution in [0.1, 0.15) is 13.3 Å². The van der Waals surface area contributed by atoms with Crippen LogP contribution in [0.2, 0.25) is 0 Å². The Labute approximate surface area is 137 Å². The Hall–Kier alpha value is -2.75. The largest absolute Gasteiger partial charge is 0.462 e. The fourth-order valence-electron chi connectivity index (χ4n) is 2.18. The molecule has 0 spiro atoms. The van der Waals surface area contributed by atoms with Gasteiger partial charge in [-0.3, -0.25) is 0 Å². The summed E-state index contributed by atoms with van der Waals surface area (Å²) in [5, 5.41) is 0. The van der Waals surface area contributed by atoms with Crippen molar-refractivity contribution < 1.29 is 9.53 Å². The molecular formula is C19H22N2O2. The number of carbonyl (C=O) groups excluding carboxylic acids is 1. The average Bonchev–Trinajstić information content (AvgIpc) is 2.56. The number of nitrogens with zero attached hydrogens (tertiary/aromatic N) is 1. The van der Waals surface area contributed by atoms with E-state index in [-0.39, 0.29) is 5.97 Å². The van der Waals surface area contributed by atoms with Crippen LogP contribution in [-0.2, 0) is 9.53 Å². The first-order valence-corrected chi connectivity index (χ1v) is 7.58. The lowest BCUT2D eigenvalue weighted by molar-refractivity contribution is -0.138. The van der Waals surface area contributed by atoms with E-state index in [1.54, 1.807) is 6.92 Å². The molecule has 0 heterocycles. The zero-order valence-electron chi connectivity index (χ0n) is 13.4. The number of rotatable bonds is 7. The number of esters is 1. The Morgan fingerprint density at radius 2 is 1.70 bits per heavy atom.